The van der Waals surface area contributed by atoms with Gasteiger partial charge in [0.05, 0.1) is 26.6 Å². The fourth-order valence-corrected chi connectivity index (χ4v) is 3.31. The molecular weight excluding hydrogens is 410 g/mol. The van der Waals surface area contributed by atoms with Crippen LogP contribution in [0.4, 0.5) is 0 Å². The minimum atomic E-state index is -3.64. The molecule has 8 nitrogen and oxygen atoms in total. The standard InChI is InChI=1S/C21H27NO7S/c1-5-30(24,25)29-17-9-6-8-16(14-17)15-22(12-13-26-2)21(23)20-18(27-3)10-7-11-19(20)28-4/h6-11,14H,5,12-13,15H2,1-4H3. The lowest BCUT2D eigenvalue weighted by molar-refractivity contribution is 0.0673. The highest BCUT2D eigenvalue weighted by molar-refractivity contribution is 7.87. The molecule has 0 atom stereocenters. The Morgan fingerprint density at radius 3 is 2.20 bits per heavy atom. The SMILES string of the molecule is CCS(=O)(=O)Oc1cccc(CN(CCOC)C(=O)c2c(OC)cccc2OC)c1. The number of hydrogen-bond acceptors (Lipinski definition) is 7. The van der Waals surface area contributed by atoms with Crippen LogP contribution >= 0.6 is 0 Å². The van der Waals surface area contributed by atoms with Gasteiger partial charge in [-0.3, -0.25) is 4.79 Å². The zero-order valence-electron chi connectivity index (χ0n) is 17.6. The maximum Gasteiger partial charge on any atom is 0.308 e. The van der Waals surface area contributed by atoms with Gasteiger partial charge in [0.15, 0.2) is 0 Å². The molecule has 0 spiro atoms. The molecule has 0 aromatic heterocycles. The summed E-state index contributed by atoms with van der Waals surface area (Å²) in [4.78, 5) is 14.9. The lowest BCUT2D eigenvalue weighted by Gasteiger charge is -2.24. The first-order valence-corrected chi connectivity index (χ1v) is 10.9. The van der Waals surface area contributed by atoms with E-state index in [1.54, 1.807) is 54.5 Å². The van der Waals surface area contributed by atoms with Crippen molar-refractivity contribution in [1.82, 2.24) is 4.90 Å². The molecule has 1 amide bonds. The second-order valence-corrected chi connectivity index (χ2v) is 8.19. The third-order valence-electron chi connectivity index (χ3n) is 4.34. The minimum Gasteiger partial charge on any atom is -0.496 e. The Bertz CT molecular complexity index is 937. The van der Waals surface area contributed by atoms with Gasteiger partial charge in [0.25, 0.3) is 5.91 Å². The summed E-state index contributed by atoms with van der Waals surface area (Å²) in [5.74, 6) is 0.557. The van der Waals surface area contributed by atoms with Crippen molar-refractivity contribution in [3.8, 4) is 17.2 Å². The van der Waals surface area contributed by atoms with Crippen molar-refractivity contribution in [3.63, 3.8) is 0 Å². The monoisotopic (exact) mass is 437 g/mol. The van der Waals surface area contributed by atoms with Gasteiger partial charge < -0.3 is 23.3 Å². The van der Waals surface area contributed by atoms with Crippen molar-refractivity contribution in [2.24, 2.45) is 0 Å². The number of benzene rings is 2. The second-order valence-electron chi connectivity index (χ2n) is 6.33. The highest BCUT2D eigenvalue weighted by Gasteiger charge is 2.24. The van der Waals surface area contributed by atoms with Crippen molar-refractivity contribution in [1.29, 1.82) is 0 Å². The van der Waals surface area contributed by atoms with Crippen molar-refractivity contribution in [3.05, 3.63) is 53.6 Å². The van der Waals surface area contributed by atoms with Crippen LogP contribution in [-0.2, 0) is 21.4 Å². The van der Waals surface area contributed by atoms with Crippen LogP contribution in [0.5, 0.6) is 17.2 Å². The molecule has 0 radical (unpaired) electrons. The van der Waals surface area contributed by atoms with Gasteiger partial charge in [-0.05, 0) is 36.8 Å². The molecule has 0 aliphatic rings. The molecule has 0 heterocycles. The van der Waals surface area contributed by atoms with Crippen molar-refractivity contribution in [2.75, 3.05) is 40.2 Å². The number of hydrogen-bond donors (Lipinski definition) is 0. The molecule has 0 bridgehead atoms. The molecule has 0 aliphatic heterocycles. The van der Waals surface area contributed by atoms with Crippen molar-refractivity contribution >= 4 is 16.0 Å². The summed E-state index contributed by atoms with van der Waals surface area (Å²) >= 11 is 0. The first-order chi connectivity index (χ1) is 14.3. The number of methoxy groups -OCH3 is 3. The highest BCUT2D eigenvalue weighted by atomic mass is 32.2. The van der Waals surface area contributed by atoms with Crippen LogP contribution in [0.2, 0.25) is 0 Å². The van der Waals surface area contributed by atoms with Gasteiger partial charge in [0.2, 0.25) is 0 Å². The first-order valence-electron chi connectivity index (χ1n) is 9.35. The van der Waals surface area contributed by atoms with E-state index in [4.69, 9.17) is 18.4 Å². The Morgan fingerprint density at radius 2 is 1.63 bits per heavy atom. The van der Waals surface area contributed by atoms with Crippen LogP contribution in [0, 0.1) is 0 Å². The molecule has 0 aliphatic carbocycles. The average molecular weight is 438 g/mol. The van der Waals surface area contributed by atoms with Gasteiger partial charge in [-0.15, -0.1) is 0 Å². The van der Waals surface area contributed by atoms with Gasteiger partial charge in [-0.25, -0.2) is 0 Å². The first kappa shape index (κ1) is 23.5. The summed E-state index contributed by atoms with van der Waals surface area (Å²) in [6.45, 7) is 2.36. The van der Waals surface area contributed by atoms with E-state index in [-0.39, 0.29) is 24.0 Å². The zero-order valence-corrected chi connectivity index (χ0v) is 18.4. The van der Waals surface area contributed by atoms with Gasteiger partial charge >= 0.3 is 10.1 Å². The predicted octanol–water partition coefficient (Wildman–Crippen LogP) is 2.72. The Morgan fingerprint density at radius 1 is 1.00 bits per heavy atom. The van der Waals surface area contributed by atoms with E-state index < -0.39 is 10.1 Å². The fourth-order valence-electron chi connectivity index (χ4n) is 2.80. The molecule has 164 valence electrons. The number of rotatable bonds is 11. The maximum atomic E-state index is 13.4. The average Bonchev–Trinajstić information content (AvgIpc) is 2.75. The van der Waals surface area contributed by atoms with Crippen LogP contribution in [0.3, 0.4) is 0 Å². The Balaban J connectivity index is 2.35. The van der Waals surface area contributed by atoms with Crippen LogP contribution in [0.1, 0.15) is 22.8 Å². The topological polar surface area (TPSA) is 91.4 Å². The molecular formula is C21H27NO7S. The molecule has 0 N–H and O–H groups in total. The molecule has 0 fully saturated rings. The van der Waals surface area contributed by atoms with E-state index in [1.165, 1.54) is 21.1 Å². The summed E-state index contributed by atoms with van der Waals surface area (Å²) in [5, 5.41) is 0. The Labute approximate surface area is 177 Å². The molecule has 2 aromatic rings. The normalized spacial score (nSPS) is 11.1. The molecule has 2 rings (SSSR count). The highest BCUT2D eigenvalue weighted by Crippen LogP contribution is 2.30. The number of carbonyl (C=O) groups is 1. The van der Waals surface area contributed by atoms with Crippen molar-refractivity contribution < 1.29 is 31.6 Å². The van der Waals surface area contributed by atoms with E-state index >= 15 is 0 Å². The summed E-state index contributed by atoms with van der Waals surface area (Å²) in [5.41, 5.74) is 1.01. The minimum absolute atomic E-state index is 0.136. The lowest BCUT2D eigenvalue weighted by atomic mass is 10.1. The Hall–Kier alpha value is -2.78. The van der Waals surface area contributed by atoms with Gasteiger partial charge in [-0.2, -0.15) is 8.42 Å². The van der Waals surface area contributed by atoms with Crippen LogP contribution in [-0.4, -0.2) is 59.5 Å². The third kappa shape index (κ3) is 6.11. The Kier molecular flexibility index (Phi) is 8.49. The van der Waals surface area contributed by atoms with Crippen LogP contribution in [0.25, 0.3) is 0 Å². The summed E-state index contributed by atoms with van der Waals surface area (Å²) in [6.07, 6.45) is 0. The van der Waals surface area contributed by atoms with Crippen molar-refractivity contribution in [2.45, 2.75) is 13.5 Å². The molecule has 30 heavy (non-hydrogen) atoms. The van der Waals surface area contributed by atoms with E-state index in [0.29, 0.717) is 35.8 Å². The lowest BCUT2D eigenvalue weighted by Crippen LogP contribution is -2.34. The molecule has 9 heteroatoms. The molecule has 0 saturated heterocycles. The van der Waals surface area contributed by atoms with E-state index in [0.717, 1.165) is 0 Å². The molecule has 0 saturated carbocycles. The largest absolute Gasteiger partial charge is 0.496 e. The summed E-state index contributed by atoms with van der Waals surface area (Å²) < 4.78 is 44.4. The third-order valence-corrected chi connectivity index (χ3v) is 5.50. The van der Waals surface area contributed by atoms with Crippen LogP contribution < -0.4 is 13.7 Å². The number of ether oxygens (including phenoxy) is 3. The summed E-state index contributed by atoms with van der Waals surface area (Å²) in [6, 6.07) is 11.7. The predicted molar refractivity (Wildman–Crippen MR) is 113 cm³/mol. The summed E-state index contributed by atoms with van der Waals surface area (Å²) in [7, 11) is 0.881. The number of nitrogens with zero attached hydrogens (tertiary/aromatic N) is 1. The van der Waals surface area contributed by atoms with E-state index in [2.05, 4.69) is 0 Å². The number of carbonyl (C=O) groups excluding carboxylic acids is 1. The molecule has 0 unspecified atom stereocenters. The zero-order chi connectivity index (χ0) is 22.1. The van der Waals surface area contributed by atoms with E-state index in [9.17, 15) is 13.2 Å². The molecule has 2 aromatic carbocycles. The van der Waals surface area contributed by atoms with Gasteiger partial charge in [0, 0.05) is 20.2 Å². The van der Waals surface area contributed by atoms with Gasteiger partial charge in [-0.1, -0.05) is 18.2 Å². The van der Waals surface area contributed by atoms with Crippen LogP contribution in [0.15, 0.2) is 42.5 Å². The maximum absolute atomic E-state index is 13.4. The van der Waals surface area contributed by atoms with Gasteiger partial charge in [0.1, 0.15) is 22.8 Å². The smallest absolute Gasteiger partial charge is 0.308 e. The fraction of sp³-hybridized carbons (Fsp3) is 0.381. The van der Waals surface area contributed by atoms with E-state index in [1.807, 2.05) is 0 Å². The second kappa shape index (κ2) is 10.8. The number of amides is 1. The quantitative estimate of drug-likeness (QED) is 0.499.